The van der Waals surface area contributed by atoms with Gasteiger partial charge in [0.05, 0.1) is 0 Å². The summed E-state index contributed by atoms with van der Waals surface area (Å²) in [5.41, 5.74) is 0.833. The van der Waals surface area contributed by atoms with Crippen LogP contribution >= 0.6 is 0 Å². The van der Waals surface area contributed by atoms with Crippen LogP contribution in [0.5, 0.6) is 0 Å². The Kier molecular flexibility index (Phi) is 24.3. The number of nitrogens with zero attached hydrogens (tertiary/aromatic N) is 2. The Hall–Kier alpha value is 0.508. The molecule has 0 spiro atoms. The van der Waals surface area contributed by atoms with Crippen molar-refractivity contribution < 1.29 is 65.4 Å². The molecule has 0 saturated carbocycles. The Bertz CT molecular complexity index is 295. The summed E-state index contributed by atoms with van der Waals surface area (Å²) in [6.45, 7) is 8.23. The van der Waals surface area contributed by atoms with E-state index in [0.29, 0.717) is 0 Å². The van der Waals surface area contributed by atoms with Gasteiger partial charge in [-0.05, 0) is 0 Å². The van der Waals surface area contributed by atoms with Crippen LogP contribution in [-0.2, 0) is 65.4 Å². The van der Waals surface area contributed by atoms with E-state index < -0.39 is 0 Å². The third kappa shape index (κ3) is 14.5. The predicted octanol–water partition coefficient (Wildman–Crippen LogP) is 2.98. The molecule has 80 valence electrons. The molecule has 0 fully saturated rings. The Morgan fingerprint density at radius 3 is 2.25 bits per heavy atom. The molecule has 0 atom stereocenters. The zero-order valence-corrected chi connectivity index (χ0v) is 15.2. The van der Waals surface area contributed by atoms with E-state index in [1.165, 1.54) is 6.20 Å². The summed E-state index contributed by atoms with van der Waals surface area (Å²) in [5.74, 6) is 0. The maximum Gasteiger partial charge on any atom is 0 e. The van der Waals surface area contributed by atoms with E-state index in [-0.39, 0.29) is 65.4 Å². The fraction of sp³-hybridized carbons (Fsp3) is 0.167. The van der Waals surface area contributed by atoms with Gasteiger partial charge in [-0.2, -0.15) is 30.6 Å². The van der Waals surface area contributed by atoms with Gasteiger partial charge >= 0.3 is 0 Å². The van der Waals surface area contributed by atoms with E-state index in [0.717, 1.165) is 5.69 Å². The number of hydrogen-bond acceptors (Lipinski definition) is 2. The summed E-state index contributed by atoms with van der Waals surface area (Å²) in [6, 6.07) is 10.5. The van der Waals surface area contributed by atoms with Crippen LogP contribution in [-0.4, -0.2) is 12.4 Å². The minimum atomic E-state index is 0. The summed E-state index contributed by atoms with van der Waals surface area (Å²) in [7, 11) is 0. The first kappa shape index (κ1) is 21.8. The van der Waals surface area contributed by atoms with Crippen molar-refractivity contribution in [3.63, 3.8) is 0 Å². The maximum atomic E-state index is 4.78. The van der Waals surface area contributed by atoms with Crippen molar-refractivity contribution in [2.75, 3.05) is 0 Å². The van der Waals surface area contributed by atoms with Gasteiger partial charge in [0.2, 0.25) is 0 Å². The molecule has 0 unspecified atom stereocenters. The van der Waals surface area contributed by atoms with Crippen molar-refractivity contribution in [1.82, 2.24) is 0 Å². The molecule has 0 aliphatic heterocycles. The molecule has 0 aliphatic rings. The second kappa shape index (κ2) is 17.9. The SMILES string of the molecule is C[C-]=Nc1[c-]cccc1.[CH-]=CN=[C-]C.[Y].[Y]. The summed E-state index contributed by atoms with van der Waals surface area (Å²) in [6.07, 6.45) is 6.33. The van der Waals surface area contributed by atoms with Gasteiger partial charge < -0.3 is 22.8 Å². The van der Waals surface area contributed by atoms with Gasteiger partial charge in [-0.25, -0.2) is 11.8 Å². The molecule has 0 heterocycles. The minimum absolute atomic E-state index is 0. The molecule has 16 heavy (non-hydrogen) atoms. The van der Waals surface area contributed by atoms with Gasteiger partial charge in [0.25, 0.3) is 0 Å². The third-order valence-electron chi connectivity index (χ3n) is 1.13. The first-order chi connectivity index (χ1) is 6.85. The van der Waals surface area contributed by atoms with E-state index in [4.69, 9.17) is 6.58 Å². The first-order valence-corrected chi connectivity index (χ1v) is 4.09. The second-order valence-electron chi connectivity index (χ2n) is 2.08. The predicted molar refractivity (Wildman–Crippen MR) is 60.0 cm³/mol. The fourth-order valence-corrected chi connectivity index (χ4v) is 0.648. The van der Waals surface area contributed by atoms with Gasteiger partial charge in [-0.3, -0.25) is 6.07 Å². The molecule has 1 aromatic rings. The summed E-state index contributed by atoms with van der Waals surface area (Å²) < 4.78 is 0. The van der Waals surface area contributed by atoms with Crippen LogP contribution in [0.25, 0.3) is 0 Å². The number of para-hydroxylation sites is 1. The normalized spacial score (nSPS) is 8.62. The standard InChI is InChI=1S/C8H7N.C4H5N.2Y/c1-2-9-8-6-4-3-5-7-8;1-3-5-4-2;;/h3-6H,1H3;1,3H,2H3;;/q2*-2;;. The average molecular weight is 362 g/mol. The van der Waals surface area contributed by atoms with Gasteiger partial charge in [-0.15, -0.1) is 13.8 Å². The Morgan fingerprint density at radius 1 is 1.25 bits per heavy atom. The quantitative estimate of drug-likeness (QED) is 0.571. The summed E-state index contributed by atoms with van der Waals surface area (Å²) in [4.78, 5) is 7.28. The van der Waals surface area contributed by atoms with Gasteiger partial charge in [-0.1, -0.05) is 0 Å². The molecule has 0 aromatic heterocycles. The number of rotatable bonds is 2. The van der Waals surface area contributed by atoms with Crippen molar-refractivity contribution in [2.45, 2.75) is 13.8 Å². The third-order valence-corrected chi connectivity index (χ3v) is 1.13. The van der Waals surface area contributed by atoms with Crippen LogP contribution in [0.1, 0.15) is 13.8 Å². The summed E-state index contributed by atoms with van der Waals surface area (Å²) in [5, 5.41) is 0. The van der Waals surface area contributed by atoms with Crippen molar-refractivity contribution >= 4 is 18.1 Å². The molecule has 1 rings (SSSR count). The molecule has 2 radical (unpaired) electrons. The Balaban J connectivity index is -0.000000214. The molecule has 0 amide bonds. The number of hydrogen-bond donors (Lipinski definition) is 0. The summed E-state index contributed by atoms with van der Waals surface area (Å²) >= 11 is 0. The first-order valence-electron chi connectivity index (χ1n) is 4.09. The molecular weight excluding hydrogens is 350 g/mol. The molecule has 1 aromatic carbocycles. The minimum Gasteiger partial charge on any atom is -0.601 e. The van der Waals surface area contributed by atoms with Crippen molar-refractivity contribution in [3.05, 3.63) is 43.1 Å². The Morgan fingerprint density at radius 2 is 1.94 bits per heavy atom. The van der Waals surface area contributed by atoms with Gasteiger partial charge in [0.1, 0.15) is 0 Å². The molecule has 0 aliphatic carbocycles. The van der Waals surface area contributed by atoms with E-state index in [1.807, 2.05) is 24.3 Å². The molecular formula is C12H12N2Y2-4. The van der Waals surface area contributed by atoms with Crippen LogP contribution in [0.3, 0.4) is 0 Å². The number of aliphatic imine (C=N–C) groups is 2. The van der Waals surface area contributed by atoms with Crippen LogP contribution < -0.4 is 0 Å². The van der Waals surface area contributed by atoms with Crippen LogP contribution in [0.2, 0.25) is 0 Å². The van der Waals surface area contributed by atoms with Gasteiger partial charge in [0.15, 0.2) is 0 Å². The van der Waals surface area contributed by atoms with E-state index in [1.54, 1.807) is 13.8 Å². The van der Waals surface area contributed by atoms with Crippen molar-refractivity contribution in [3.8, 4) is 0 Å². The second-order valence-corrected chi connectivity index (χ2v) is 2.08. The number of benzene rings is 1. The van der Waals surface area contributed by atoms with Crippen molar-refractivity contribution in [2.24, 2.45) is 9.98 Å². The average Bonchev–Trinajstić information content (AvgIpc) is 2.22. The van der Waals surface area contributed by atoms with Crippen LogP contribution in [0.15, 0.2) is 40.5 Å². The largest absolute Gasteiger partial charge is 0.601 e. The molecule has 2 nitrogen and oxygen atoms in total. The van der Waals surface area contributed by atoms with E-state index in [2.05, 4.69) is 28.5 Å². The van der Waals surface area contributed by atoms with Crippen LogP contribution in [0.4, 0.5) is 5.69 Å². The smallest absolute Gasteiger partial charge is 0 e. The fourth-order valence-electron chi connectivity index (χ4n) is 0.648. The Labute approximate surface area is 148 Å². The molecule has 0 saturated heterocycles. The van der Waals surface area contributed by atoms with Gasteiger partial charge in [0, 0.05) is 65.4 Å². The monoisotopic (exact) mass is 362 g/mol. The molecule has 4 heteroatoms. The maximum absolute atomic E-state index is 4.78. The van der Waals surface area contributed by atoms with Crippen LogP contribution in [0, 0.1) is 12.6 Å². The molecule has 0 bridgehead atoms. The van der Waals surface area contributed by atoms with E-state index in [9.17, 15) is 0 Å². The van der Waals surface area contributed by atoms with Crippen molar-refractivity contribution in [1.29, 1.82) is 0 Å². The zero-order chi connectivity index (χ0) is 10.6. The topological polar surface area (TPSA) is 24.7 Å². The van der Waals surface area contributed by atoms with E-state index >= 15 is 0 Å². The zero-order valence-electron chi connectivity index (χ0n) is 9.51. The molecule has 0 N–H and O–H groups in total.